The van der Waals surface area contributed by atoms with Gasteiger partial charge < -0.3 is 15.5 Å². The highest BCUT2D eigenvalue weighted by Gasteiger charge is 2.39. The van der Waals surface area contributed by atoms with Crippen LogP contribution in [0.2, 0.25) is 0 Å². The van der Waals surface area contributed by atoms with E-state index in [2.05, 4.69) is 33.4 Å². The Bertz CT molecular complexity index is 990. The lowest BCUT2D eigenvalue weighted by Crippen LogP contribution is -2.54. The fraction of sp³-hybridized carbons (Fsp3) is 0.455. The molecule has 1 heterocycles. The van der Waals surface area contributed by atoms with Gasteiger partial charge in [-0.1, -0.05) is 30.3 Å². The standard InChI is InChI=1S/C22H26BrNO4S/c23-19-10-14(4-7-21(19)25)8-18-12-29(27,28)13-20(22(18)26)24-11-15-2-1-3-17(9-15)16-5-6-16/h1-4,7,9-10,16,18,20,22,24-26H,5-6,8,11-13H2/t18-,20+,22+/m1/s1. The number of hydrogen-bond donors (Lipinski definition) is 3. The van der Waals surface area contributed by atoms with E-state index in [1.165, 1.54) is 18.4 Å². The van der Waals surface area contributed by atoms with Gasteiger partial charge in [-0.2, -0.15) is 0 Å². The highest BCUT2D eigenvalue weighted by atomic mass is 79.9. The Morgan fingerprint density at radius 3 is 2.59 bits per heavy atom. The molecule has 29 heavy (non-hydrogen) atoms. The normalized spacial score (nSPS) is 26.3. The molecule has 2 fully saturated rings. The molecule has 0 bridgehead atoms. The summed E-state index contributed by atoms with van der Waals surface area (Å²) in [4.78, 5) is 0. The summed E-state index contributed by atoms with van der Waals surface area (Å²) in [6.07, 6.45) is 2.17. The summed E-state index contributed by atoms with van der Waals surface area (Å²) < 4.78 is 25.5. The first kappa shape index (κ1) is 20.8. The zero-order chi connectivity index (χ0) is 20.6. The first-order chi connectivity index (χ1) is 13.8. The largest absolute Gasteiger partial charge is 0.507 e. The monoisotopic (exact) mass is 479 g/mol. The van der Waals surface area contributed by atoms with E-state index in [-0.39, 0.29) is 23.2 Å². The van der Waals surface area contributed by atoms with Gasteiger partial charge in [0, 0.05) is 18.5 Å². The van der Waals surface area contributed by atoms with Crippen molar-refractivity contribution < 1.29 is 18.6 Å². The first-order valence-electron chi connectivity index (χ1n) is 9.99. The lowest BCUT2D eigenvalue weighted by Gasteiger charge is -2.35. The summed E-state index contributed by atoms with van der Waals surface area (Å²) >= 11 is 3.29. The van der Waals surface area contributed by atoms with Crippen molar-refractivity contribution in [2.45, 2.75) is 43.9 Å². The number of halogens is 1. The van der Waals surface area contributed by atoms with Crippen molar-refractivity contribution in [1.82, 2.24) is 5.32 Å². The van der Waals surface area contributed by atoms with E-state index in [1.54, 1.807) is 18.2 Å². The van der Waals surface area contributed by atoms with Crippen molar-refractivity contribution >= 4 is 25.8 Å². The van der Waals surface area contributed by atoms with Gasteiger partial charge in [-0.3, -0.25) is 0 Å². The Kier molecular flexibility index (Phi) is 6.02. The number of sulfone groups is 1. The predicted octanol–water partition coefficient (Wildman–Crippen LogP) is 3.14. The van der Waals surface area contributed by atoms with Crippen molar-refractivity contribution in [3.63, 3.8) is 0 Å². The number of aromatic hydroxyl groups is 1. The van der Waals surface area contributed by atoms with Crippen LogP contribution in [0.1, 0.15) is 35.4 Å². The zero-order valence-electron chi connectivity index (χ0n) is 16.1. The molecule has 5 nitrogen and oxygen atoms in total. The second-order valence-electron chi connectivity index (χ2n) is 8.32. The molecule has 3 atom stereocenters. The molecule has 1 aliphatic heterocycles. The van der Waals surface area contributed by atoms with Crippen molar-refractivity contribution in [2.75, 3.05) is 11.5 Å². The van der Waals surface area contributed by atoms with Gasteiger partial charge in [-0.05, 0) is 69.9 Å². The van der Waals surface area contributed by atoms with Gasteiger partial charge in [0.1, 0.15) is 5.75 Å². The van der Waals surface area contributed by atoms with Crippen LogP contribution < -0.4 is 5.32 Å². The molecular weight excluding hydrogens is 454 g/mol. The Labute approximate surface area is 180 Å². The van der Waals surface area contributed by atoms with Crippen LogP contribution in [0.15, 0.2) is 46.9 Å². The number of rotatable bonds is 6. The summed E-state index contributed by atoms with van der Waals surface area (Å²) in [6.45, 7) is 0.537. The minimum Gasteiger partial charge on any atom is -0.507 e. The number of phenols is 1. The zero-order valence-corrected chi connectivity index (χ0v) is 18.5. The van der Waals surface area contributed by atoms with E-state index < -0.39 is 22.0 Å². The number of hydrogen-bond acceptors (Lipinski definition) is 5. The maximum atomic E-state index is 12.5. The van der Waals surface area contributed by atoms with Crippen molar-refractivity contribution in [3.05, 3.63) is 63.6 Å². The Hall–Kier alpha value is -1.41. The van der Waals surface area contributed by atoms with Crippen LogP contribution in [0.5, 0.6) is 5.75 Å². The third-order valence-electron chi connectivity index (χ3n) is 5.87. The summed E-state index contributed by atoms with van der Waals surface area (Å²) in [5.74, 6) is 0.345. The minimum atomic E-state index is -3.25. The molecule has 0 aromatic heterocycles. The van der Waals surface area contributed by atoms with Gasteiger partial charge in [0.2, 0.25) is 0 Å². The summed E-state index contributed by atoms with van der Waals surface area (Å²) in [7, 11) is -3.25. The summed E-state index contributed by atoms with van der Waals surface area (Å²) in [5.41, 5.74) is 3.34. The lowest BCUT2D eigenvalue weighted by atomic mass is 9.91. The Morgan fingerprint density at radius 2 is 1.86 bits per heavy atom. The molecule has 1 aliphatic carbocycles. The molecule has 0 spiro atoms. The predicted molar refractivity (Wildman–Crippen MR) is 117 cm³/mol. The Balaban J connectivity index is 1.45. The second kappa shape index (κ2) is 8.38. The van der Waals surface area contributed by atoms with Gasteiger partial charge in [-0.15, -0.1) is 0 Å². The van der Waals surface area contributed by atoms with Crippen LogP contribution >= 0.6 is 15.9 Å². The van der Waals surface area contributed by atoms with Gasteiger partial charge in [0.15, 0.2) is 9.84 Å². The van der Waals surface area contributed by atoms with Crippen molar-refractivity contribution in [1.29, 1.82) is 0 Å². The van der Waals surface area contributed by atoms with E-state index in [4.69, 9.17) is 0 Å². The molecule has 0 amide bonds. The molecule has 156 valence electrons. The number of aliphatic hydroxyl groups is 1. The quantitative estimate of drug-likeness (QED) is 0.592. The smallest absolute Gasteiger partial charge is 0.152 e. The van der Waals surface area contributed by atoms with Crippen molar-refractivity contribution in [3.8, 4) is 5.75 Å². The molecule has 4 rings (SSSR count). The molecule has 3 N–H and O–H groups in total. The maximum absolute atomic E-state index is 12.5. The average Bonchev–Trinajstić information content (AvgIpc) is 3.51. The molecule has 7 heteroatoms. The molecule has 2 aromatic carbocycles. The van der Waals surface area contributed by atoms with Crippen LogP contribution in [-0.2, 0) is 22.8 Å². The fourth-order valence-corrected chi connectivity index (χ4v) is 6.55. The van der Waals surface area contributed by atoms with Crippen LogP contribution in [0, 0.1) is 5.92 Å². The highest BCUT2D eigenvalue weighted by molar-refractivity contribution is 9.10. The average molecular weight is 480 g/mol. The topological polar surface area (TPSA) is 86.6 Å². The van der Waals surface area contributed by atoms with Crippen LogP contribution in [0.4, 0.5) is 0 Å². The number of benzene rings is 2. The highest BCUT2D eigenvalue weighted by Crippen LogP contribution is 2.40. The summed E-state index contributed by atoms with van der Waals surface area (Å²) in [6, 6.07) is 13.0. The van der Waals surface area contributed by atoms with Crippen molar-refractivity contribution in [2.24, 2.45) is 5.92 Å². The molecule has 1 saturated carbocycles. The Morgan fingerprint density at radius 1 is 1.07 bits per heavy atom. The number of phenolic OH excluding ortho intramolecular Hbond substituents is 1. The molecule has 0 radical (unpaired) electrons. The molecule has 2 aromatic rings. The van der Waals surface area contributed by atoms with E-state index in [0.29, 0.717) is 23.4 Å². The molecule has 0 unspecified atom stereocenters. The molecular formula is C22H26BrNO4S. The van der Waals surface area contributed by atoms with E-state index in [9.17, 15) is 18.6 Å². The lowest BCUT2D eigenvalue weighted by molar-refractivity contribution is 0.0781. The van der Waals surface area contributed by atoms with Crippen LogP contribution in [0.3, 0.4) is 0 Å². The van der Waals surface area contributed by atoms with Crippen LogP contribution in [0.25, 0.3) is 0 Å². The van der Waals surface area contributed by atoms with Gasteiger partial charge in [-0.25, -0.2) is 8.42 Å². The summed E-state index contributed by atoms with van der Waals surface area (Å²) in [5, 5.41) is 23.8. The van der Waals surface area contributed by atoms with E-state index in [0.717, 1.165) is 11.1 Å². The third-order valence-corrected chi connectivity index (χ3v) is 8.31. The minimum absolute atomic E-state index is 0.0258. The fourth-order valence-electron chi connectivity index (χ4n) is 4.16. The first-order valence-corrected chi connectivity index (χ1v) is 12.6. The maximum Gasteiger partial charge on any atom is 0.152 e. The van der Waals surface area contributed by atoms with Crippen LogP contribution in [-0.4, -0.2) is 42.3 Å². The second-order valence-corrected chi connectivity index (χ2v) is 11.3. The molecule has 2 aliphatic rings. The van der Waals surface area contributed by atoms with E-state index in [1.807, 2.05) is 12.1 Å². The SMILES string of the molecule is O=S1(=O)C[C@@H](Cc2ccc(O)c(Br)c2)[C@H](O)[C@@H](NCc2cccc(C3CC3)c2)C1. The number of nitrogens with one attached hydrogen (secondary N) is 1. The van der Waals surface area contributed by atoms with Gasteiger partial charge in [0.05, 0.1) is 22.1 Å². The van der Waals surface area contributed by atoms with Gasteiger partial charge in [0.25, 0.3) is 0 Å². The van der Waals surface area contributed by atoms with E-state index >= 15 is 0 Å². The third kappa shape index (κ3) is 5.20. The van der Waals surface area contributed by atoms with Gasteiger partial charge >= 0.3 is 0 Å². The number of aliphatic hydroxyl groups excluding tert-OH is 1. The molecule has 1 saturated heterocycles.